The molecule has 1 fully saturated rings. The van der Waals surface area contributed by atoms with Gasteiger partial charge in [0, 0.05) is 18.4 Å². The van der Waals surface area contributed by atoms with Crippen LogP contribution in [-0.2, 0) is 11.2 Å². The second-order valence-electron chi connectivity index (χ2n) is 5.62. The average molecular weight is 272 g/mol. The van der Waals surface area contributed by atoms with Crippen LogP contribution in [0.25, 0.3) is 11.0 Å². The Balaban J connectivity index is 1.56. The van der Waals surface area contributed by atoms with Gasteiger partial charge in [-0.05, 0) is 25.0 Å². The highest BCUT2D eigenvalue weighted by Gasteiger charge is 2.36. The lowest BCUT2D eigenvalue weighted by Crippen LogP contribution is -2.52. The van der Waals surface area contributed by atoms with Crippen LogP contribution in [0.15, 0.2) is 34.7 Å². The first kappa shape index (κ1) is 13.2. The molecule has 0 radical (unpaired) electrons. The van der Waals surface area contributed by atoms with Crippen molar-refractivity contribution >= 4 is 16.9 Å². The summed E-state index contributed by atoms with van der Waals surface area (Å²) < 4.78 is 5.72. The molecule has 4 heteroatoms. The van der Waals surface area contributed by atoms with E-state index in [4.69, 9.17) is 10.2 Å². The third-order valence-corrected chi connectivity index (χ3v) is 4.08. The number of furan rings is 1. The molecular formula is C16H20N2O2. The standard InChI is InChI=1S/C16H20N2O2/c17-16(8-3-4-9-16)15(19)18-10-7-13-11-12-5-1-2-6-14(12)20-13/h1-2,5-6,11H,3-4,7-10,17H2,(H,18,19). The van der Waals surface area contributed by atoms with Crippen molar-refractivity contribution in [3.8, 4) is 0 Å². The molecule has 1 saturated carbocycles. The smallest absolute Gasteiger partial charge is 0.240 e. The molecule has 0 atom stereocenters. The average Bonchev–Trinajstić information content (AvgIpc) is 3.05. The Morgan fingerprint density at radius 3 is 2.80 bits per heavy atom. The van der Waals surface area contributed by atoms with Crippen LogP contribution in [-0.4, -0.2) is 18.0 Å². The van der Waals surface area contributed by atoms with Crippen LogP contribution in [0, 0.1) is 0 Å². The normalized spacial score (nSPS) is 17.4. The lowest BCUT2D eigenvalue weighted by Gasteiger charge is -2.21. The van der Waals surface area contributed by atoms with Crippen molar-refractivity contribution < 1.29 is 9.21 Å². The molecule has 3 rings (SSSR count). The Morgan fingerprint density at radius 2 is 2.05 bits per heavy atom. The van der Waals surface area contributed by atoms with E-state index in [0.29, 0.717) is 13.0 Å². The number of hydrogen-bond acceptors (Lipinski definition) is 3. The van der Waals surface area contributed by atoms with Crippen LogP contribution in [0.1, 0.15) is 31.4 Å². The van der Waals surface area contributed by atoms with Crippen molar-refractivity contribution in [1.82, 2.24) is 5.32 Å². The van der Waals surface area contributed by atoms with E-state index in [-0.39, 0.29) is 5.91 Å². The maximum atomic E-state index is 12.1. The summed E-state index contributed by atoms with van der Waals surface area (Å²) in [6.45, 7) is 0.567. The van der Waals surface area contributed by atoms with Crippen molar-refractivity contribution in [2.24, 2.45) is 5.73 Å². The Kier molecular flexibility index (Phi) is 3.49. The molecule has 0 bridgehead atoms. The third-order valence-electron chi connectivity index (χ3n) is 4.08. The zero-order valence-electron chi connectivity index (χ0n) is 11.5. The summed E-state index contributed by atoms with van der Waals surface area (Å²) in [6, 6.07) is 9.94. The number of carbonyl (C=O) groups excluding carboxylic acids is 1. The van der Waals surface area contributed by atoms with Gasteiger partial charge in [0.2, 0.25) is 5.91 Å². The summed E-state index contributed by atoms with van der Waals surface area (Å²) in [7, 11) is 0. The van der Waals surface area contributed by atoms with Gasteiger partial charge in [-0.3, -0.25) is 4.79 Å². The monoisotopic (exact) mass is 272 g/mol. The predicted molar refractivity (Wildman–Crippen MR) is 78.3 cm³/mol. The molecule has 3 N–H and O–H groups in total. The molecule has 1 aromatic carbocycles. The molecule has 0 aliphatic heterocycles. The van der Waals surface area contributed by atoms with E-state index < -0.39 is 5.54 Å². The minimum absolute atomic E-state index is 0.0221. The number of benzene rings is 1. The maximum Gasteiger partial charge on any atom is 0.240 e. The highest BCUT2D eigenvalue weighted by Crippen LogP contribution is 2.27. The molecule has 1 amide bonds. The summed E-state index contributed by atoms with van der Waals surface area (Å²) in [5.41, 5.74) is 6.35. The second kappa shape index (κ2) is 5.29. The van der Waals surface area contributed by atoms with Gasteiger partial charge in [-0.15, -0.1) is 0 Å². The zero-order valence-corrected chi connectivity index (χ0v) is 11.5. The molecule has 1 aliphatic rings. The molecule has 0 spiro atoms. The summed E-state index contributed by atoms with van der Waals surface area (Å²) >= 11 is 0. The predicted octanol–water partition coefficient (Wildman–Crippen LogP) is 2.36. The third kappa shape index (κ3) is 2.56. The summed E-state index contributed by atoms with van der Waals surface area (Å²) in [4.78, 5) is 12.1. The van der Waals surface area contributed by atoms with E-state index in [0.717, 1.165) is 42.4 Å². The summed E-state index contributed by atoms with van der Waals surface area (Å²) in [5, 5.41) is 4.03. The van der Waals surface area contributed by atoms with Gasteiger partial charge in [0.25, 0.3) is 0 Å². The lowest BCUT2D eigenvalue weighted by atomic mass is 9.98. The second-order valence-corrected chi connectivity index (χ2v) is 5.62. The molecule has 1 heterocycles. The van der Waals surface area contributed by atoms with Crippen molar-refractivity contribution in [1.29, 1.82) is 0 Å². The van der Waals surface area contributed by atoms with Crippen LogP contribution in [0.2, 0.25) is 0 Å². The summed E-state index contributed by atoms with van der Waals surface area (Å²) in [6.07, 6.45) is 4.38. The van der Waals surface area contributed by atoms with E-state index >= 15 is 0 Å². The van der Waals surface area contributed by atoms with Gasteiger partial charge in [0.15, 0.2) is 0 Å². The molecule has 2 aromatic rings. The van der Waals surface area contributed by atoms with E-state index in [1.165, 1.54) is 0 Å². The van der Waals surface area contributed by atoms with Gasteiger partial charge in [-0.1, -0.05) is 31.0 Å². The number of nitrogens with two attached hydrogens (primary N) is 1. The minimum Gasteiger partial charge on any atom is -0.461 e. The number of nitrogens with one attached hydrogen (secondary N) is 1. The Hall–Kier alpha value is -1.81. The van der Waals surface area contributed by atoms with Gasteiger partial charge >= 0.3 is 0 Å². The van der Waals surface area contributed by atoms with Gasteiger partial charge in [0.05, 0.1) is 5.54 Å². The van der Waals surface area contributed by atoms with E-state index in [9.17, 15) is 4.79 Å². The van der Waals surface area contributed by atoms with Crippen LogP contribution >= 0.6 is 0 Å². The van der Waals surface area contributed by atoms with Gasteiger partial charge in [0.1, 0.15) is 11.3 Å². The minimum atomic E-state index is -0.645. The van der Waals surface area contributed by atoms with E-state index in [2.05, 4.69) is 5.32 Å². The number of para-hydroxylation sites is 1. The summed E-state index contributed by atoms with van der Waals surface area (Å²) in [5.74, 6) is 0.870. The topological polar surface area (TPSA) is 68.3 Å². The van der Waals surface area contributed by atoms with Crippen molar-refractivity contribution in [2.45, 2.75) is 37.6 Å². The number of hydrogen-bond donors (Lipinski definition) is 2. The number of fused-ring (bicyclic) bond motifs is 1. The molecule has 20 heavy (non-hydrogen) atoms. The Labute approximate surface area is 118 Å². The van der Waals surface area contributed by atoms with Gasteiger partial charge in [-0.25, -0.2) is 0 Å². The van der Waals surface area contributed by atoms with Crippen molar-refractivity contribution in [2.75, 3.05) is 6.54 Å². The Morgan fingerprint density at radius 1 is 1.30 bits per heavy atom. The SMILES string of the molecule is NC1(C(=O)NCCc2cc3ccccc3o2)CCCC1. The molecular weight excluding hydrogens is 252 g/mol. The van der Waals surface area contributed by atoms with Crippen molar-refractivity contribution in [3.63, 3.8) is 0 Å². The quantitative estimate of drug-likeness (QED) is 0.897. The van der Waals surface area contributed by atoms with Gasteiger partial charge in [-0.2, -0.15) is 0 Å². The van der Waals surface area contributed by atoms with Crippen molar-refractivity contribution in [3.05, 3.63) is 36.1 Å². The van der Waals surface area contributed by atoms with Crippen LogP contribution in [0.4, 0.5) is 0 Å². The fourth-order valence-corrected chi connectivity index (χ4v) is 2.87. The highest BCUT2D eigenvalue weighted by atomic mass is 16.3. The fourth-order valence-electron chi connectivity index (χ4n) is 2.87. The first-order valence-corrected chi connectivity index (χ1v) is 7.22. The number of carbonyl (C=O) groups is 1. The van der Waals surface area contributed by atoms with Crippen LogP contribution in [0.5, 0.6) is 0 Å². The first-order chi connectivity index (χ1) is 9.67. The molecule has 0 saturated heterocycles. The lowest BCUT2D eigenvalue weighted by molar-refractivity contribution is -0.126. The molecule has 106 valence electrons. The van der Waals surface area contributed by atoms with E-state index in [1.807, 2.05) is 30.3 Å². The Bertz CT molecular complexity index is 579. The van der Waals surface area contributed by atoms with Crippen LogP contribution < -0.4 is 11.1 Å². The first-order valence-electron chi connectivity index (χ1n) is 7.22. The van der Waals surface area contributed by atoms with Gasteiger partial charge < -0.3 is 15.5 Å². The van der Waals surface area contributed by atoms with E-state index in [1.54, 1.807) is 0 Å². The fraction of sp³-hybridized carbons (Fsp3) is 0.438. The number of rotatable bonds is 4. The largest absolute Gasteiger partial charge is 0.461 e. The maximum absolute atomic E-state index is 12.1. The highest BCUT2D eigenvalue weighted by molar-refractivity contribution is 5.86. The molecule has 1 aromatic heterocycles. The molecule has 0 unspecified atom stereocenters. The zero-order chi connectivity index (χ0) is 14.0. The molecule has 4 nitrogen and oxygen atoms in total. The number of amides is 1. The van der Waals surface area contributed by atoms with Crippen LogP contribution in [0.3, 0.4) is 0 Å². The molecule has 1 aliphatic carbocycles.